The van der Waals surface area contributed by atoms with Crippen LogP contribution in [-0.4, -0.2) is 52.7 Å². The lowest BCUT2D eigenvalue weighted by molar-refractivity contribution is 0.187. The maximum Gasteiger partial charge on any atom is 0.222 e. The molecule has 0 aromatic carbocycles. The number of hydrogen-bond donors (Lipinski definition) is 0. The van der Waals surface area contributed by atoms with Gasteiger partial charge in [-0.15, -0.1) is 5.10 Å². The van der Waals surface area contributed by atoms with Gasteiger partial charge < -0.3 is 4.74 Å². The van der Waals surface area contributed by atoms with E-state index in [2.05, 4.69) is 10.3 Å². The third-order valence-electron chi connectivity index (χ3n) is 3.70. The van der Waals surface area contributed by atoms with Gasteiger partial charge in [0.25, 0.3) is 0 Å². The monoisotopic (exact) mass is 272 g/mol. The topological polar surface area (TPSA) is 77.3 Å². The molecule has 2 heterocycles. The highest BCUT2D eigenvalue weighted by Gasteiger charge is 2.57. The summed E-state index contributed by atoms with van der Waals surface area (Å²) in [6.07, 6.45) is 3.01. The van der Waals surface area contributed by atoms with Gasteiger partial charge in [0.2, 0.25) is 10.0 Å². The van der Waals surface area contributed by atoms with Gasteiger partial charge in [-0.2, -0.15) is 4.31 Å². The largest absolute Gasteiger partial charge is 0.383 e. The SMILES string of the molecule is COCC1(S(=O)(=O)N2CCn3nncc3C2)CC1. The number of aromatic nitrogens is 3. The molecule has 18 heavy (non-hydrogen) atoms. The van der Waals surface area contributed by atoms with E-state index in [4.69, 9.17) is 4.74 Å². The Morgan fingerprint density at radius 3 is 2.89 bits per heavy atom. The van der Waals surface area contributed by atoms with Gasteiger partial charge in [-0.3, -0.25) is 0 Å². The Bertz CT molecular complexity index is 549. The van der Waals surface area contributed by atoms with Crippen LogP contribution in [0.25, 0.3) is 0 Å². The van der Waals surface area contributed by atoms with Crippen LogP contribution >= 0.6 is 0 Å². The molecule has 0 N–H and O–H groups in total. The van der Waals surface area contributed by atoms with Crippen molar-refractivity contribution in [1.82, 2.24) is 19.3 Å². The number of nitrogens with zero attached hydrogens (tertiary/aromatic N) is 4. The Hall–Kier alpha value is -0.990. The van der Waals surface area contributed by atoms with E-state index in [1.807, 2.05) is 0 Å². The van der Waals surface area contributed by atoms with Crippen LogP contribution in [0.15, 0.2) is 6.20 Å². The van der Waals surface area contributed by atoms with E-state index in [-0.39, 0.29) is 6.61 Å². The summed E-state index contributed by atoms with van der Waals surface area (Å²) >= 11 is 0. The molecule has 0 unspecified atom stereocenters. The molecular formula is C10H16N4O3S. The first-order valence-electron chi connectivity index (χ1n) is 5.95. The molecule has 1 aliphatic heterocycles. The molecule has 1 saturated carbocycles. The van der Waals surface area contributed by atoms with Crippen LogP contribution in [0, 0.1) is 0 Å². The van der Waals surface area contributed by atoms with Crippen molar-refractivity contribution >= 4 is 10.0 Å². The van der Waals surface area contributed by atoms with E-state index < -0.39 is 14.8 Å². The molecule has 2 aliphatic rings. The van der Waals surface area contributed by atoms with Gasteiger partial charge in [-0.05, 0) is 12.8 Å². The zero-order valence-electron chi connectivity index (χ0n) is 10.2. The number of ether oxygens (including phenoxy) is 1. The summed E-state index contributed by atoms with van der Waals surface area (Å²) in [6, 6.07) is 0. The van der Waals surface area contributed by atoms with Crippen molar-refractivity contribution in [3.8, 4) is 0 Å². The molecule has 0 amide bonds. The molecule has 1 aromatic rings. The summed E-state index contributed by atoms with van der Waals surface area (Å²) in [6.45, 7) is 1.67. The fraction of sp³-hybridized carbons (Fsp3) is 0.800. The summed E-state index contributed by atoms with van der Waals surface area (Å²) in [5, 5.41) is 7.71. The highest BCUT2D eigenvalue weighted by Crippen LogP contribution is 2.45. The second-order valence-electron chi connectivity index (χ2n) is 4.90. The number of hydrogen-bond acceptors (Lipinski definition) is 5. The standard InChI is InChI=1S/C10H16N4O3S/c1-17-8-10(2-3-10)18(15,16)13-4-5-14-9(7-13)6-11-12-14/h6H,2-5,7-8H2,1H3. The quantitative estimate of drug-likeness (QED) is 0.745. The van der Waals surface area contributed by atoms with E-state index in [1.165, 1.54) is 4.31 Å². The zero-order valence-corrected chi connectivity index (χ0v) is 11.1. The first-order chi connectivity index (χ1) is 8.59. The van der Waals surface area contributed by atoms with Crippen LogP contribution in [0.1, 0.15) is 18.5 Å². The number of sulfonamides is 1. The van der Waals surface area contributed by atoms with Crippen molar-refractivity contribution in [2.24, 2.45) is 0 Å². The molecule has 0 bridgehead atoms. The summed E-state index contributed by atoms with van der Waals surface area (Å²) in [7, 11) is -1.75. The van der Waals surface area contributed by atoms with Crippen molar-refractivity contribution in [1.29, 1.82) is 0 Å². The fourth-order valence-electron chi connectivity index (χ4n) is 2.41. The van der Waals surface area contributed by atoms with E-state index >= 15 is 0 Å². The van der Waals surface area contributed by atoms with Crippen molar-refractivity contribution in [3.63, 3.8) is 0 Å². The molecular weight excluding hydrogens is 256 g/mol. The number of fused-ring (bicyclic) bond motifs is 1. The molecule has 1 aliphatic carbocycles. The first-order valence-corrected chi connectivity index (χ1v) is 7.39. The summed E-state index contributed by atoms with van der Waals surface area (Å²) < 4.78 is 32.8. The lowest BCUT2D eigenvalue weighted by Gasteiger charge is -2.30. The highest BCUT2D eigenvalue weighted by atomic mass is 32.2. The van der Waals surface area contributed by atoms with Crippen LogP contribution in [0.4, 0.5) is 0 Å². The van der Waals surface area contributed by atoms with Gasteiger partial charge >= 0.3 is 0 Å². The van der Waals surface area contributed by atoms with Crippen molar-refractivity contribution in [3.05, 3.63) is 11.9 Å². The summed E-state index contributed by atoms with van der Waals surface area (Å²) in [4.78, 5) is 0. The van der Waals surface area contributed by atoms with Crippen molar-refractivity contribution < 1.29 is 13.2 Å². The molecule has 8 heteroatoms. The van der Waals surface area contributed by atoms with Crippen LogP contribution in [0.5, 0.6) is 0 Å². The first kappa shape index (κ1) is 12.1. The van der Waals surface area contributed by atoms with Gasteiger partial charge in [-0.25, -0.2) is 13.1 Å². The number of methoxy groups -OCH3 is 1. The fourth-order valence-corrected chi connectivity index (χ4v) is 4.47. The molecule has 1 fully saturated rings. The van der Waals surface area contributed by atoms with E-state index in [0.29, 0.717) is 32.5 Å². The molecule has 100 valence electrons. The second-order valence-corrected chi connectivity index (χ2v) is 7.24. The van der Waals surface area contributed by atoms with Gasteiger partial charge in [0.05, 0.1) is 31.6 Å². The Labute approximate surface area is 106 Å². The van der Waals surface area contributed by atoms with Crippen molar-refractivity contribution in [2.45, 2.75) is 30.7 Å². The lowest BCUT2D eigenvalue weighted by atomic mass is 10.4. The maximum atomic E-state index is 12.6. The van der Waals surface area contributed by atoms with Crippen LogP contribution in [0.3, 0.4) is 0 Å². The van der Waals surface area contributed by atoms with Crippen LogP contribution in [-0.2, 0) is 27.8 Å². The number of rotatable bonds is 4. The molecule has 7 nitrogen and oxygen atoms in total. The van der Waals surface area contributed by atoms with Gasteiger partial charge in [-0.1, -0.05) is 5.21 Å². The molecule has 0 radical (unpaired) electrons. The smallest absolute Gasteiger partial charge is 0.222 e. The van der Waals surface area contributed by atoms with E-state index in [0.717, 1.165) is 5.69 Å². The minimum absolute atomic E-state index is 0.281. The lowest BCUT2D eigenvalue weighted by Crippen LogP contribution is -2.45. The molecule has 0 spiro atoms. The Kier molecular flexibility index (Phi) is 2.68. The molecule has 1 aromatic heterocycles. The molecule has 0 atom stereocenters. The Morgan fingerprint density at radius 1 is 1.44 bits per heavy atom. The average Bonchev–Trinajstić information content (AvgIpc) is 3.00. The predicted octanol–water partition coefficient (Wildman–Crippen LogP) is -0.397. The Morgan fingerprint density at radius 2 is 2.22 bits per heavy atom. The predicted molar refractivity (Wildman–Crippen MR) is 63.2 cm³/mol. The van der Waals surface area contributed by atoms with E-state index in [9.17, 15) is 8.42 Å². The molecule has 3 rings (SSSR count). The maximum absolute atomic E-state index is 12.6. The minimum Gasteiger partial charge on any atom is -0.383 e. The summed E-state index contributed by atoms with van der Waals surface area (Å²) in [5.74, 6) is 0. The van der Waals surface area contributed by atoms with Gasteiger partial charge in [0, 0.05) is 13.7 Å². The van der Waals surface area contributed by atoms with Crippen LogP contribution in [0.2, 0.25) is 0 Å². The van der Waals surface area contributed by atoms with Crippen molar-refractivity contribution in [2.75, 3.05) is 20.3 Å². The van der Waals surface area contributed by atoms with Gasteiger partial charge in [0.15, 0.2) is 0 Å². The second kappa shape index (κ2) is 4.01. The normalized spacial score (nSPS) is 22.7. The third-order valence-corrected chi connectivity index (χ3v) is 6.31. The zero-order chi connectivity index (χ0) is 12.8. The Balaban J connectivity index is 1.84. The highest BCUT2D eigenvalue weighted by molar-refractivity contribution is 7.90. The third kappa shape index (κ3) is 1.67. The minimum atomic E-state index is -3.29. The van der Waals surface area contributed by atoms with Gasteiger partial charge in [0.1, 0.15) is 4.75 Å². The summed E-state index contributed by atoms with van der Waals surface area (Å²) in [5.41, 5.74) is 0.845. The average molecular weight is 272 g/mol. The van der Waals surface area contributed by atoms with E-state index in [1.54, 1.807) is 18.0 Å². The van der Waals surface area contributed by atoms with Crippen LogP contribution < -0.4 is 0 Å². The molecule has 0 saturated heterocycles.